The number of alkyl halides is 3. The van der Waals surface area contributed by atoms with Crippen molar-refractivity contribution in [1.82, 2.24) is 14.9 Å². The van der Waals surface area contributed by atoms with Crippen molar-refractivity contribution >= 4 is 28.8 Å². The van der Waals surface area contributed by atoms with Crippen molar-refractivity contribution in [3.63, 3.8) is 0 Å². The number of amides is 1. The Morgan fingerprint density at radius 2 is 1.92 bits per heavy atom. The SMILES string of the molecule is O=C(N[C@]1(C(F)(F)F)Nc2nc3ccccc3n2C1=O)C1CCCCC1. The number of para-hydroxylation sites is 2. The van der Waals surface area contributed by atoms with Crippen LogP contribution in [-0.2, 0) is 4.79 Å². The minimum atomic E-state index is -5.02. The van der Waals surface area contributed by atoms with Gasteiger partial charge in [-0.3, -0.25) is 9.59 Å². The number of rotatable bonds is 2. The molecule has 2 heterocycles. The van der Waals surface area contributed by atoms with Gasteiger partial charge in [0.15, 0.2) is 0 Å². The quantitative estimate of drug-likeness (QED) is 0.857. The van der Waals surface area contributed by atoms with E-state index in [-0.39, 0.29) is 11.5 Å². The predicted octanol–water partition coefficient (Wildman–Crippen LogP) is 3.06. The maximum Gasteiger partial charge on any atom is 0.440 e. The van der Waals surface area contributed by atoms with Crippen LogP contribution in [0.3, 0.4) is 0 Å². The van der Waals surface area contributed by atoms with E-state index < -0.39 is 29.6 Å². The molecule has 4 rings (SSSR count). The Morgan fingerprint density at radius 3 is 2.62 bits per heavy atom. The van der Waals surface area contributed by atoms with Gasteiger partial charge in [0.05, 0.1) is 11.0 Å². The van der Waals surface area contributed by atoms with Gasteiger partial charge in [0.1, 0.15) is 0 Å². The monoisotopic (exact) mass is 366 g/mol. The van der Waals surface area contributed by atoms with E-state index in [1.54, 1.807) is 18.2 Å². The minimum absolute atomic E-state index is 0.225. The van der Waals surface area contributed by atoms with E-state index in [1.165, 1.54) is 6.07 Å². The average molecular weight is 366 g/mol. The number of hydrogen-bond acceptors (Lipinski definition) is 4. The highest BCUT2D eigenvalue weighted by Gasteiger charge is 2.66. The van der Waals surface area contributed by atoms with E-state index in [2.05, 4.69) is 10.3 Å². The molecule has 1 atom stereocenters. The lowest BCUT2D eigenvalue weighted by atomic mass is 9.88. The van der Waals surface area contributed by atoms with Crippen LogP contribution < -0.4 is 10.6 Å². The minimum Gasteiger partial charge on any atom is -0.318 e. The Kier molecular flexibility index (Phi) is 3.71. The van der Waals surface area contributed by atoms with E-state index in [9.17, 15) is 22.8 Å². The number of carbonyl (C=O) groups is 2. The normalized spacial score (nSPS) is 23.7. The van der Waals surface area contributed by atoms with Crippen molar-refractivity contribution in [2.24, 2.45) is 5.92 Å². The zero-order valence-corrected chi connectivity index (χ0v) is 13.8. The van der Waals surface area contributed by atoms with E-state index >= 15 is 0 Å². The molecule has 2 aromatic rings. The molecule has 1 aromatic carbocycles. The van der Waals surface area contributed by atoms with Gasteiger partial charge in [-0.1, -0.05) is 31.4 Å². The molecule has 2 aliphatic rings. The number of nitrogens with one attached hydrogen (secondary N) is 2. The van der Waals surface area contributed by atoms with Crippen LogP contribution in [0.5, 0.6) is 0 Å². The average Bonchev–Trinajstić information content (AvgIpc) is 3.10. The van der Waals surface area contributed by atoms with Gasteiger partial charge in [-0.05, 0) is 25.0 Å². The molecule has 2 N–H and O–H groups in total. The number of nitrogens with zero attached hydrogens (tertiary/aromatic N) is 2. The molecule has 0 saturated heterocycles. The Hall–Kier alpha value is -2.58. The second-order valence-electron chi connectivity index (χ2n) is 6.76. The smallest absolute Gasteiger partial charge is 0.318 e. The largest absolute Gasteiger partial charge is 0.440 e. The van der Waals surface area contributed by atoms with Crippen LogP contribution in [0.2, 0.25) is 0 Å². The second-order valence-corrected chi connectivity index (χ2v) is 6.76. The molecular formula is C17H17F3N4O2. The number of benzene rings is 1. The summed E-state index contributed by atoms with van der Waals surface area (Å²) in [5, 5.41) is 4.11. The first-order valence-corrected chi connectivity index (χ1v) is 8.53. The summed E-state index contributed by atoms with van der Waals surface area (Å²) in [5.41, 5.74) is -2.52. The van der Waals surface area contributed by atoms with Crippen molar-refractivity contribution in [3.8, 4) is 0 Å². The standard InChI is InChI=1S/C17H17F3N4O2/c18-17(19,20)16(22-13(25)10-6-2-1-3-7-10)14(26)24-12-9-5-4-8-11(12)21-15(24)23-16/h4-5,8-10H,1-3,6-7H2,(H,21,23)(H,22,25)/t16-/m0/s1. The van der Waals surface area contributed by atoms with E-state index in [1.807, 2.05) is 5.32 Å². The zero-order valence-electron chi connectivity index (χ0n) is 13.8. The fraction of sp³-hybridized carbons (Fsp3) is 0.471. The number of imidazole rings is 1. The first-order chi connectivity index (χ1) is 12.3. The van der Waals surface area contributed by atoms with E-state index in [0.29, 0.717) is 18.4 Å². The molecule has 1 aromatic heterocycles. The van der Waals surface area contributed by atoms with Gasteiger partial charge in [0.2, 0.25) is 11.9 Å². The number of halogens is 3. The molecule has 0 radical (unpaired) electrons. The van der Waals surface area contributed by atoms with Gasteiger partial charge >= 0.3 is 6.18 Å². The summed E-state index contributed by atoms with van der Waals surface area (Å²) >= 11 is 0. The lowest BCUT2D eigenvalue weighted by Gasteiger charge is -2.32. The number of carbonyl (C=O) groups excluding carboxylic acids is 2. The summed E-state index contributed by atoms with van der Waals surface area (Å²) in [6.45, 7) is 0. The predicted molar refractivity (Wildman–Crippen MR) is 87.5 cm³/mol. The maximum absolute atomic E-state index is 13.9. The van der Waals surface area contributed by atoms with Crippen LogP contribution >= 0.6 is 0 Å². The molecule has 1 aliphatic carbocycles. The molecular weight excluding hydrogens is 349 g/mol. The summed E-state index contributed by atoms with van der Waals surface area (Å²) in [5.74, 6) is -2.78. The fourth-order valence-corrected chi connectivity index (χ4v) is 3.70. The molecule has 1 aliphatic heterocycles. The number of hydrogen-bond donors (Lipinski definition) is 2. The van der Waals surface area contributed by atoms with Gasteiger partial charge in [-0.2, -0.15) is 13.2 Å². The van der Waals surface area contributed by atoms with Gasteiger partial charge < -0.3 is 10.6 Å². The highest BCUT2D eigenvalue weighted by atomic mass is 19.4. The van der Waals surface area contributed by atoms with Crippen LogP contribution in [0.1, 0.15) is 36.9 Å². The summed E-state index contributed by atoms with van der Waals surface area (Å²) < 4.78 is 42.6. The van der Waals surface area contributed by atoms with Crippen LogP contribution in [0.4, 0.5) is 19.1 Å². The number of aromatic nitrogens is 2. The van der Waals surface area contributed by atoms with Gasteiger partial charge in [-0.15, -0.1) is 0 Å². The summed E-state index contributed by atoms with van der Waals surface area (Å²) in [6.07, 6.45) is -1.40. The van der Waals surface area contributed by atoms with Crippen LogP contribution in [-0.4, -0.2) is 33.2 Å². The molecule has 1 saturated carbocycles. The molecule has 0 unspecified atom stereocenters. The van der Waals surface area contributed by atoms with Crippen LogP contribution in [0.25, 0.3) is 11.0 Å². The van der Waals surface area contributed by atoms with Gasteiger partial charge in [0.25, 0.3) is 11.6 Å². The Balaban J connectivity index is 1.72. The highest BCUT2D eigenvalue weighted by Crippen LogP contribution is 2.40. The van der Waals surface area contributed by atoms with Gasteiger partial charge in [-0.25, -0.2) is 9.55 Å². The first-order valence-electron chi connectivity index (χ1n) is 8.53. The Morgan fingerprint density at radius 1 is 1.23 bits per heavy atom. The summed E-state index contributed by atoms with van der Waals surface area (Å²) in [7, 11) is 0. The Labute approximate surface area is 146 Å². The van der Waals surface area contributed by atoms with Gasteiger partial charge in [0, 0.05) is 5.92 Å². The molecule has 1 fully saturated rings. The third kappa shape index (κ3) is 2.37. The molecule has 6 nitrogen and oxygen atoms in total. The second kappa shape index (κ2) is 5.72. The maximum atomic E-state index is 13.9. The van der Waals surface area contributed by atoms with Crippen molar-refractivity contribution in [3.05, 3.63) is 24.3 Å². The summed E-state index contributed by atoms with van der Waals surface area (Å²) in [4.78, 5) is 29.3. The van der Waals surface area contributed by atoms with Crippen molar-refractivity contribution in [2.45, 2.75) is 43.9 Å². The molecule has 9 heteroatoms. The molecule has 138 valence electrons. The third-order valence-electron chi connectivity index (χ3n) is 5.10. The molecule has 0 bridgehead atoms. The topological polar surface area (TPSA) is 76.0 Å². The lowest BCUT2D eigenvalue weighted by molar-refractivity contribution is -0.177. The van der Waals surface area contributed by atoms with Crippen LogP contribution in [0, 0.1) is 5.92 Å². The highest BCUT2D eigenvalue weighted by molar-refractivity contribution is 6.06. The van der Waals surface area contributed by atoms with E-state index in [4.69, 9.17) is 0 Å². The van der Waals surface area contributed by atoms with Crippen LogP contribution in [0.15, 0.2) is 24.3 Å². The van der Waals surface area contributed by atoms with Crippen molar-refractivity contribution in [1.29, 1.82) is 0 Å². The van der Waals surface area contributed by atoms with Crippen molar-refractivity contribution in [2.75, 3.05) is 5.32 Å². The number of fused-ring (bicyclic) bond motifs is 3. The fourth-order valence-electron chi connectivity index (χ4n) is 3.70. The molecule has 26 heavy (non-hydrogen) atoms. The summed E-state index contributed by atoms with van der Waals surface area (Å²) in [6, 6.07) is 6.41. The van der Waals surface area contributed by atoms with E-state index in [0.717, 1.165) is 23.8 Å². The molecule has 1 amide bonds. The lowest BCUT2D eigenvalue weighted by Crippen LogP contribution is -2.67. The first kappa shape index (κ1) is 16.9. The molecule has 0 spiro atoms. The van der Waals surface area contributed by atoms with Crippen molar-refractivity contribution < 1.29 is 22.8 Å². The Bertz CT molecular complexity index is 886. The zero-order chi connectivity index (χ0) is 18.5. The third-order valence-corrected chi connectivity index (χ3v) is 5.10. The number of anilines is 1.